The molecule has 14 heavy (non-hydrogen) atoms. The fourth-order valence-corrected chi connectivity index (χ4v) is 3.51. The number of hydrogen-bond acceptors (Lipinski definition) is 2. The molecule has 2 fully saturated rings. The average Bonchev–Trinajstić information content (AvgIpc) is 2.80. The van der Waals surface area contributed by atoms with Crippen LogP contribution in [0, 0.1) is 11.3 Å². The molecule has 0 amide bonds. The molecule has 3 unspecified atom stereocenters. The highest BCUT2D eigenvalue weighted by atomic mass is 32.2. The van der Waals surface area contributed by atoms with Crippen LogP contribution in [0.5, 0.6) is 0 Å². The molecule has 1 nitrogen and oxygen atoms in total. The quantitative estimate of drug-likeness (QED) is 0.773. The molecule has 0 spiro atoms. The molecular formula is C12H23NS. The van der Waals surface area contributed by atoms with Crippen molar-refractivity contribution in [1.29, 1.82) is 0 Å². The number of nitrogens with one attached hydrogen (secondary N) is 1. The van der Waals surface area contributed by atoms with Crippen LogP contribution in [-0.4, -0.2) is 23.6 Å². The maximum Gasteiger partial charge on any atom is 0.0161 e. The molecule has 2 heteroatoms. The second kappa shape index (κ2) is 4.05. The Morgan fingerprint density at radius 2 is 2.21 bits per heavy atom. The summed E-state index contributed by atoms with van der Waals surface area (Å²) in [6.07, 6.45) is 4.21. The number of rotatable bonds is 3. The predicted molar refractivity (Wildman–Crippen MR) is 64.8 cm³/mol. The van der Waals surface area contributed by atoms with Gasteiger partial charge in [-0.2, -0.15) is 11.8 Å². The molecule has 1 saturated carbocycles. The molecule has 2 rings (SSSR count). The van der Waals surface area contributed by atoms with Crippen molar-refractivity contribution in [2.45, 2.75) is 52.1 Å². The number of thioether (sulfide) groups is 1. The third-order valence-electron chi connectivity index (χ3n) is 4.20. The van der Waals surface area contributed by atoms with Crippen molar-refractivity contribution in [1.82, 2.24) is 5.32 Å². The van der Waals surface area contributed by atoms with Crippen LogP contribution in [0.4, 0.5) is 0 Å². The summed E-state index contributed by atoms with van der Waals surface area (Å²) in [5.74, 6) is 3.55. The zero-order valence-corrected chi connectivity index (χ0v) is 10.5. The first-order valence-corrected chi connectivity index (χ1v) is 7.12. The van der Waals surface area contributed by atoms with Gasteiger partial charge >= 0.3 is 0 Å². The summed E-state index contributed by atoms with van der Waals surface area (Å²) < 4.78 is 0. The highest BCUT2D eigenvalue weighted by Crippen LogP contribution is 2.51. The second-order valence-electron chi connectivity index (χ2n) is 5.50. The Balaban J connectivity index is 1.77. The Bertz CT molecular complexity index is 198. The maximum atomic E-state index is 3.84. The van der Waals surface area contributed by atoms with Crippen LogP contribution < -0.4 is 5.32 Å². The molecule has 1 N–H and O–H groups in total. The summed E-state index contributed by atoms with van der Waals surface area (Å²) >= 11 is 2.12. The normalized spacial score (nSPS) is 42.9. The smallest absolute Gasteiger partial charge is 0.0161 e. The molecule has 2 aliphatic rings. The molecule has 0 radical (unpaired) electrons. The lowest BCUT2D eigenvalue weighted by molar-refractivity contribution is 0.347. The van der Waals surface area contributed by atoms with E-state index < -0.39 is 0 Å². The van der Waals surface area contributed by atoms with Crippen molar-refractivity contribution in [2.75, 3.05) is 11.5 Å². The molecule has 82 valence electrons. The van der Waals surface area contributed by atoms with E-state index in [0.29, 0.717) is 5.41 Å². The van der Waals surface area contributed by atoms with E-state index in [1.54, 1.807) is 0 Å². The highest BCUT2D eigenvalue weighted by molar-refractivity contribution is 7.99. The van der Waals surface area contributed by atoms with Crippen molar-refractivity contribution in [3.63, 3.8) is 0 Å². The van der Waals surface area contributed by atoms with Crippen LogP contribution >= 0.6 is 11.8 Å². The SMILES string of the molecule is CC(C)C1(C)CC1NC1CCCSC1. The van der Waals surface area contributed by atoms with Crippen LogP contribution in [0.2, 0.25) is 0 Å². The van der Waals surface area contributed by atoms with Gasteiger partial charge in [0.05, 0.1) is 0 Å². The maximum absolute atomic E-state index is 3.84. The number of hydrogen-bond donors (Lipinski definition) is 1. The van der Waals surface area contributed by atoms with Gasteiger partial charge in [-0.15, -0.1) is 0 Å². The van der Waals surface area contributed by atoms with Crippen LogP contribution in [0.1, 0.15) is 40.0 Å². The Morgan fingerprint density at radius 1 is 1.43 bits per heavy atom. The molecule has 1 aliphatic carbocycles. The van der Waals surface area contributed by atoms with Crippen LogP contribution in [0.25, 0.3) is 0 Å². The lowest BCUT2D eigenvalue weighted by atomic mass is 9.94. The van der Waals surface area contributed by atoms with Gasteiger partial charge in [-0.3, -0.25) is 0 Å². The molecule has 1 heterocycles. The standard InChI is InChI=1S/C12H23NS/c1-9(2)12(3)7-11(12)13-10-5-4-6-14-8-10/h9-11,13H,4-8H2,1-3H3. The molecular weight excluding hydrogens is 190 g/mol. The topological polar surface area (TPSA) is 12.0 Å². The van der Waals surface area contributed by atoms with E-state index in [1.807, 2.05) is 0 Å². The van der Waals surface area contributed by atoms with Gasteiger partial charge in [0.25, 0.3) is 0 Å². The average molecular weight is 213 g/mol. The van der Waals surface area contributed by atoms with Gasteiger partial charge in [0.2, 0.25) is 0 Å². The predicted octanol–water partition coefficient (Wildman–Crippen LogP) is 2.91. The van der Waals surface area contributed by atoms with Crippen molar-refractivity contribution in [3.8, 4) is 0 Å². The minimum absolute atomic E-state index is 0.599. The van der Waals surface area contributed by atoms with Crippen LogP contribution in [0.3, 0.4) is 0 Å². The van der Waals surface area contributed by atoms with Gasteiger partial charge in [0.1, 0.15) is 0 Å². The van der Waals surface area contributed by atoms with Gasteiger partial charge in [-0.1, -0.05) is 20.8 Å². The first-order chi connectivity index (χ1) is 6.63. The zero-order valence-electron chi connectivity index (χ0n) is 9.68. The Morgan fingerprint density at radius 3 is 2.71 bits per heavy atom. The minimum atomic E-state index is 0.599. The summed E-state index contributed by atoms with van der Waals surface area (Å²) in [5, 5.41) is 3.84. The minimum Gasteiger partial charge on any atom is -0.310 e. The monoisotopic (exact) mass is 213 g/mol. The van der Waals surface area contributed by atoms with Crippen molar-refractivity contribution >= 4 is 11.8 Å². The summed E-state index contributed by atoms with van der Waals surface area (Å²) in [6, 6.07) is 1.62. The van der Waals surface area contributed by atoms with Gasteiger partial charge in [-0.25, -0.2) is 0 Å². The Labute approximate surface area is 92.4 Å². The van der Waals surface area contributed by atoms with E-state index in [0.717, 1.165) is 18.0 Å². The summed E-state index contributed by atoms with van der Waals surface area (Å²) in [5.41, 5.74) is 0.599. The molecule has 1 aliphatic heterocycles. The van der Waals surface area contributed by atoms with E-state index >= 15 is 0 Å². The van der Waals surface area contributed by atoms with Crippen molar-refractivity contribution in [3.05, 3.63) is 0 Å². The van der Waals surface area contributed by atoms with Gasteiger partial charge in [0.15, 0.2) is 0 Å². The zero-order chi connectivity index (χ0) is 10.2. The van der Waals surface area contributed by atoms with Crippen molar-refractivity contribution < 1.29 is 0 Å². The Hall–Kier alpha value is 0.310. The molecule has 1 saturated heterocycles. The second-order valence-corrected chi connectivity index (χ2v) is 6.65. The summed E-state index contributed by atoms with van der Waals surface area (Å²) in [6.45, 7) is 7.15. The van der Waals surface area contributed by atoms with E-state index in [4.69, 9.17) is 0 Å². The Kier molecular flexibility index (Phi) is 3.13. The molecule has 0 aromatic rings. The van der Waals surface area contributed by atoms with Crippen LogP contribution in [-0.2, 0) is 0 Å². The summed E-state index contributed by atoms with van der Waals surface area (Å²) in [4.78, 5) is 0. The fourth-order valence-electron chi connectivity index (χ4n) is 2.42. The van der Waals surface area contributed by atoms with E-state index in [9.17, 15) is 0 Å². The highest BCUT2D eigenvalue weighted by Gasteiger charge is 2.52. The van der Waals surface area contributed by atoms with Gasteiger partial charge < -0.3 is 5.32 Å². The third-order valence-corrected chi connectivity index (χ3v) is 5.41. The summed E-state index contributed by atoms with van der Waals surface area (Å²) in [7, 11) is 0. The largest absolute Gasteiger partial charge is 0.310 e. The van der Waals surface area contributed by atoms with Gasteiger partial charge in [0, 0.05) is 17.8 Å². The van der Waals surface area contributed by atoms with Crippen LogP contribution in [0.15, 0.2) is 0 Å². The first kappa shape index (κ1) is 10.8. The molecule has 0 aromatic heterocycles. The first-order valence-electron chi connectivity index (χ1n) is 5.97. The van der Waals surface area contributed by atoms with Gasteiger partial charge in [-0.05, 0) is 36.3 Å². The fraction of sp³-hybridized carbons (Fsp3) is 1.00. The lowest BCUT2D eigenvalue weighted by Crippen LogP contribution is -2.38. The molecule has 3 atom stereocenters. The van der Waals surface area contributed by atoms with E-state index in [1.165, 1.54) is 30.8 Å². The molecule has 0 bridgehead atoms. The van der Waals surface area contributed by atoms with Crippen molar-refractivity contribution in [2.24, 2.45) is 11.3 Å². The van der Waals surface area contributed by atoms with E-state index in [-0.39, 0.29) is 0 Å². The van der Waals surface area contributed by atoms with E-state index in [2.05, 4.69) is 37.8 Å². The third kappa shape index (κ3) is 2.11. The lowest BCUT2D eigenvalue weighted by Gasteiger charge is -2.25. The molecule has 0 aromatic carbocycles.